The van der Waals surface area contributed by atoms with Gasteiger partial charge in [0, 0.05) is 16.3 Å². The van der Waals surface area contributed by atoms with Crippen molar-refractivity contribution in [1.29, 1.82) is 5.26 Å². The Morgan fingerprint density at radius 3 is 2.07 bits per heavy atom. The van der Waals surface area contributed by atoms with Crippen molar-refractivity contribution in [2.75, 3.05) is 0 Å². The molecular weight excluding hydrogens is 538 g/mol. The van der Waals surface area contributed by atoms with Crippen molar-refractivity contribution in [3.8, 4) is 45.4 Å². The molecule has 8 rings (SSSR count). The third-order valence-corrected chi connectivity index (χ3v) is 8.63. The van der Waals surface area contributed by atoms with Crippen molar-refractivity contribution in [3.05, 3.63) is 145 Å². The number of rotatable bonds is 4. The van der Waals surface area contributed by atoms with Gasteiger partial charge >= 0.3 is 0 Å². The van der Waals surface area contributed by atoms with Gasteiger partial charge in [0.25, 0.3) is 5.82 Å². The summed E-state index contributed by atoms with van der Waals surface area (Å²) in [5, 5.41) is 12.0. The van der Waals surface area contributed by atoms with E-state index in [1.54, 1.807) is 0 Å². The number of fused-ring (bicyclic) bond motifs is 4. The first-order chi connectivity index (χ1) is 21.6. The lowest BCUT2D eigenvalue weighted by Crippen LogP contribution is -2.30. The number of nitriles is 1. The molecule has 0 bridgehead atoms. The van der Waals surface area contributed by atoms with Gasteiger partial charge in [0.1, 0.15) is 16.8 Å². The summed E-state index contributed by atoms with van der Waals surface area (Å²) in [6, 6.07) is 48.4. The van der Waals surface area contributed by atoms with Gasteiger partial charge < -0.3 is 4.42 Å². The van der Waals surface area contributed by atoms with Crippen LogP contribution in [0.3, 0.4) is 0 Å². The summed E-state index contributed by atoms with van der Waals surface area (Å²) in [5.74, 6) is 1.04. The molecule has 0 radical (unpaired) electrons. The smallest absolute Gasteiger partial charge is 0.298 e. The van der Waals surface area contributed by atoms with Crippen molar-refractivity contribution < 1.29 is 8.98 Å². The highest BCUT2D eigenvalue weighted by Crippen LogP contribution is 2.42. The number of benzene rings is 6. The topological polar surface area (TPSA) is 45.7 Å². The summed E-state index contributed by atoms with van der Waals surface area (Å²) in [4.78, 5) is 0. The molecule has 8 aromatic rings. The molecule has 44 heavy (non-hydrogen) atoms. The first-order valence-electron chi connectivity index (χ1n) is 14.7. The number of imidazole rings is 1. The Kier molecular flexibility index (Phi) is 5.92. The van der Waals surface area contributed by atoms with Crippen LogP contribution in [0.5, 0.6) is 0 Å². The number of furan rings is 1. The van der Waals surface area contributed by atoms with Gasteiger partial charge in [0.15, 0.2) is 16.6 Å². The first-order valence-corrected chi connectivity index (χ1v) is 14.7. The van der Waals surface area contributed by atoms with E-state index < -0.39 is 0 Å². The minimum absolute atomic E-state index is 0.605. The largest absolute Gasteiger partial charge is 0.454 e. The highest BCUT2D eigenvalue weighted by Gasteiger charge is 2.30. The van der Waals surface area contributed by atoms with Gasteiger partial charge in [0.2, 0.25) is 0 Å². The first kappa shape index (κ1) is 25.8. The number of hydrogen-bond acceptors (Lipinski definition) is 2. The van der Waals surface area contributed by atoms with Crippen LogP contribution in [-0.2, 0) is 7.05 Å². The van der Waals surface area contributed by atoms with Crippen LogP contribution in [0.15, 0.2) is 138 Å². The summed E-state index contributed by atoms with van der Waals surface area (Å²) in [5.41, 5.74) is 11.9. The van der Waals surface area contributed by atoms with E-state index in [2.05, 4.69) is 126 Å². The quantitative estimate of drug-likeness (QED) is 0.199. The third-order valence-electron chi connectivity index (χ3n) is 8.63. The Bertz CT molecular complexity index is 2390. The zero-order valence-electron chi connectivity index (χ0n) is 24.5. The Balaban J connectivity index is 1.41. The predicted molar refractivity (Wildman–Crippen MR) is 177 cm³/mol. The van der Waals surface area contributed by atoms with Crippen LogP contribution < -0.4 is 4.57 Å². The molecule has 0 saturated heterocycles. The summed E-state index contributed by atoms with van der Waals surface area (Å²) < 4.78 is 11.5. The average molecular weight is 567 g/mol. The minimum Gasteiger partial charge on any atom is -0.454 e. The molecule has 0 fully saturated rings. The number of aryl methyl sites for hydroxylation is 2. The maximum absolute atomic E-state index is 10.0. The summed E-state index contributed by atoms with van der Waals surface area (Å²) in [6.45, 7) is 2.14. The van der Waals surface area contributed by atoms with E-state index in [4.69, 9.17) is 4.42 Å². The Hall–Kier alpha value is -5.92. The van der Waals surface area contributed by atoms with Crippen LogP contribution in [-0.4, -0.2) is 4.57 Å². The van der Waals surface area contributed by atoms with Gasteiger partial charge in [-0.2, -0.15) is 9.83 Å². The summed E-state index contributed by atoms with van der Waals surface area (Å²) >= 11 is 0. The highest BCUT2D eigenvalue weighted by atomic mass is 16.3. The lowest BCUT2D eigenvalue weighted by Gasteiger charge is -2.07. The maximum Gasteiger partial charge on any atom is 0.298 e. The molecule has 2 heterocycles. The summed E-state index contributed by atoms with van der Waals surface area (Å²) in [6.07, 6.45) is 0. The van der Waals surface area contributed by atoms with Gasteiger partial charge in [-0.3, -0.25) is 0 Å². The van der Waals surface area contributed by atoms with Crippen LogP contribution in [0.25, 0.3) is 72.3 Å². The molecule has 0 unspecified atom stereocenters. The number of nitrogens with zero attached hydrogens (tertiary/aromatic N) is 3. The van der Waals surface area contributed by atoms with Crippen LogP contribution in [0.1, 0.15) is 11.1 Å². The van der Waals surface area contributed by atoms with Crippen LogP contribution in [0, 0.1) is 18.3 Å². The number of para-hydroxylation sites is 3. The molecule has 6 aromatic carbocycles. The monoisotopic (exact) mass is 566 g/mol. The highest BCUT2D eigenvalue weighted by molar-refractivity contribution is 6.13. The second-order valence-electron chi connectivity index (χ2n) is 11.2. The zero-order valence-corrected chi connectivity index (χ0v) is 24.5. The molecule has 0 aliphatic carbocycles. The molecule has 0 saturated carbocycles. The lowest BCUT2D eigenvalue weighted by molar-refractivity contribution is -0.633. The van der Waals surface area contributed by atoms with E-state index in [9.17, 15) is 5.26 Å². The van der Waals surface area contributed by atoms with Crippen molar-refractivity contribution in [3.63, 3.8) is 0 Å². The molecule has 4 heteroatoms. The molecule has 0 aliphatic heterocycles. The SMILES string of the molecule is Cc1ccc2c(oc3c(-c4ccc(-c5ccccc5)cc4)cc(C#N)cc32)c1-c1n(-c2ccccc2)c2ccccc2[n+]1C. The molecule has 0 N–H and O–H groups in total. The van der Waals surface area contributed by atoms with E-state index in [1.165, 1.54) is 5.56 Å². The minimum atomic E-state index is 0.605. The Morgan fingerprint density at radius 2 is 1.32 bits per heavy atom. The van der Waals surface area contributed by atoms with Gasteiger partial charge in [-0.1, -0.05) is 97.1 Å². The van der Waals surface area contributed by atoms with E-state index in [0.717, 1.165) is 72.3 Å². The van der Waals surface area contributed by atoms with Crippen LogP contribution in [0.2, 0.25) is 0 Å². The molecule has 0 amide bonds. The normalized spacial score (nSPS) is 11.4. The molecule has 208 valence electrons. The second-order valence-corrected chi connectivity index (χ2v) is 11.2. The van der Waals surface area contributed by atoms with E-state index in [-0.39, 0.29) is 0 Å². The van der Waals surface area contributed by atoms with E-state index >= 15 is 0 Å². The second kappa shape index (κ2) is 10.1. The van der Waals surface area contributed by atoms with E-state index in [0.29, 0.717) is 5.56 Å². The predicted octanol–water partition coefficient (Wildman–Crippen LogP) is 9.54. The zero-order chi connectivity index (χ0) is 29.8. The molecule has 4 nitrogen and oxygen atoms in total. The van der Waals surface area contributed by atoms with Crippen LogP contribution >= 0.6 is 0 Å². The van der Waals surface area contributed by atoms with Gasteiger partial charge in [-0.25, -0.2) is 4.57 Å². The average Bonchev–Trinajstić information content (AvgIpc) is 3.60. The number of hydrogen-bond donors (Lipinski definition) is 0. The van der Waals surface area contributed by atoms with Crippen molar-refractivity contribution in [2.45, 2.75) is 6.92 Å². The molecule has 0 spiro atoms. The van der Waals surface area contributed by atoms with Gasteiger partial charge in [0.05, 0.1) is 18.7 Å². The van der Waals surface area contributed by atoms with Gasteiger partial charge in [-0.05, 0) is 65.6 Å². The molecule has 2 aromatic heterocycles. The fraction of sp³-hybridized carbons (Fsp3) is 0.0500. The Morgan fingerprint density at radius 1 is 0.659 bits per heavy atom. The maximum atomic E-state index is 10.0. The van der Waals surface area contributed by atoms with Crippen molar-refractivity contribution in [1.82, 2.24) is 4.57 Å². The lowest BCUT2D eigenvalue weighted by atomic mass is 9.96. The molecule has 0 atom stereocenters. The molecular formula is C40H28N3O+. The Labute approximate surface area is 255 Å². The number of aromatic nitrogens is 2. The molecule has 0 aliphatic rings. The third kappa shape index (κ3) is 3.95. The standard InChI is InChI=1S/C40H28N3O/c1-26-17-22-32-34-24-27(25-41)23-33(30-20-18-29(19-21-30)28-11-5-3-6-12-28)38(34)44-39(32)37(26)40-42(2)35-15-9-10-16-36(35)43(40)31-13-7-4-8-14-31/h3-24H,1-2H3/q+1. The van der Waals surface area contributed by atoms with Gasteiger partial charge in [-0.15, -0.1) is 0 Å². The van der Waals surface area contributed by atoms with Crippen molar-refractivity contribution in [2.24, 2.45) is 7.05 Å². The fourth-order valence-corrected chi connectivity index (χ4v) is 6.50. The van der Waals surface area contributed by atoms with Crippen molar-refractivity contribution >= 4 is 33.0 Å². The van der Waals surface area contributed by atoms with Crippen LogP contribution in [0.4, 0.5) is 0 Å². The summed E-state index contributed by atoms with van der Waals surface area (Å²) in [7, 11) is 2.12. The van der Waals surface area contributed by atoms with E-state index in [1.807, 2.05) is 36.4 Å². The fourth-order valence-electron chi connectivity index (χ4n) is 6.50.